The molecule has 2 bridgehead atoms. The maximum absolute atomic E-state index is 4.50. The molecule has 0 amide bonds. The number of hydrogen-bond donors (Lipinski definition) is 1. The Kier molecular flexibility index (Phi) is 3.11. The topological polar surface area (TPSA) is 37.8 Å². The van der Waals surface area contributed by atoms with Crippen molar-refractivity contribution in [1.82, 2.24) is 15.5 Å². The first-order chi connectivity index (χ1) is 9.38. The second-order valence-corrected chi connectivity index (χ2v) is 7.60. The van der Waals surface area contributed by atoms with Gasteiger partial charge in [0, 0.05) is 12.3 Å². The van der Waals surface area contributed by atoms with Crippen LogP contribution in [0, 0.1) is 23.7 Å². The molecule has 3 saturated carbocycles. The molecule has 3 aliphatic rings. The minimum Gasteiger partial charge on any atom is -0.317 e. The SMILES string of the molecule is CCNCCCc1nnc(C2C3C4CCC(C4)C23)s1. The summed E-state index contributed by atoms with van der Waals surface area (Å²) < 4.78 is 0. The fourth-order valence-corrected chi connectivity index (χ4v) is 5.80. The van der Waals surface area contributed by atoms with E-state index in [1.165, 1.54) is 35.7 Å². The van der Waals surface area contributed by atoms with Crippen LogP contribution >= 0.6 is 11.3 Å². The van der Waals surface area contributed by atoms with E-state index in [-0.39, 0.29) is 0 Å². The summed E-state index contributed by atoms with van der Waals surface area (Å²) in [4.78, 5) is 0. The van der Waals surface area contributed by atoms with Crippen LogP contribution in [0.5, 0.6) is 0 Å². The minimum absolute atomic E-state index is 0.811. The number of aromatic nitrogens is 2. The summed E-state index contributed by atoms with van der Waals surface area (Å²) >= 11 is 1.90. The fraction of sp³-hybridized carbons (Fsp3) is 0.867. The Bertz CT molecular complexity index is 442. The van der Waals surface area contributed by atoms with Gasteiger partial charge in [-0.15, -0.1) is 21.5 Å². The number of rotatable bonds is 6. The van der Waals surface area contributed by atoms with Crippen LogP contribution in [0.4, 0.5) is 0 Å². The van der Waals surface area contributed by atoms with Crippen molar-refractivity contribution < 1.29 is 0 Å². The number of aryl methyl sites for hydroxylation is 1. The van der Waals surface area contributed by atoms with Gasteiger partial charge in [-0.1, -0.05) is 6.92 Å². The number of fused-ring (bicyclic) bond motifs is 5. The maximum atomic E-state index is 4.50. The van der Waals surface area contributed by atoms with E-state index in [0.717, 1.165) is 49.1 Å². The Labute approximate surface area is 119 Å². The predicted octanol–water partition coefficient (Wildman–Crippen LogP) is 2.84. The molecule has 0 saturated heterocycles. The lowest BCUT2D eigenvalue weighted by Crippen LogP contribution is -2.14. The fourth-order valence-electron chi connectivity index (χ4n) is 4.70. The molecule has 104 valence electrons. The highest BCUT2D eigenvalue weighted by molar-refractivity contribution is 7.11. The number of hydrogen-bond acceptors (Lipinski definition) is 4. The Balaban J connectivity index is 1.35. The van der Waals surface area contributed by atoms with Gasteiger partial charge in [-0.25, -0.2) is 0 Å². The van der Waals surface area contributed by atoms with E-state index in [0.29, 0.717) is 0 Å². The highest BCUT2D eigenvalue weighted by atomic mass is 32.1. The van der Waals surface area contributed by atoms with Crippen molar-refractivity contribution in [3.63, 3.8) is 0 Å². The average molecular weight is 277 g/mol. The van der Waals surface area contributed by atoms with Crippen molar-refractivity contribution in [3.05, 3.63) is 10.0 Å². The van der Waals surface area contributed by atoms with Crippen LogP contribution in [0.2, 0.25) is 0 Å². The molecule has 4 heteroatoms. The molecule has 4 atom stereocenters. The molecule has 0 aromatic carbocycles. The average Bonchev–Trinajstić information content (AvgIpc) is 2.83. The largest absolute Gasteiger partial charge is 0.317 e. The van der Waals surface area contributed by atoms with E-state index < -0.39 is 0 Å². The van der Waals surface area contributed by atoms with Crippen molar-refractivity contribution in [1.29, 1.82) is 0 Å². The van der Waals surface area contributed by atoms with E-state index in [2.05, 4.69) is 22.4 Å². The molecule has 1 heterocycles. The summed E-state index contributed by atoms with van der Waals surface area (Å²) in [6.07, 6.45) is 6.80. The minimum atomic E-state index is 0.811. The standard InChI is InChI=1S/C15H23N3S/c1-2-16-7-3-4-11-17-18-15(19-11)14-12-9-5-6-10(8-9)13(12)14/h9-10,12-14,16H,2-8H2,1H3. The summed E-state index contributed by atoms with van der Waals surface area (Å²) in [5, 5.41) is 14.9. The van der Waals surface area contributed by atoms with Crippen molar-refractivity contribution in [2.75, 3.05) is 13.1 Å². The molecule has 0 aliphatic heterocycles. The van der Waals surface area contributed by atoms with Crippen LogP contribution in [-0.2, 0) is 6.42 Å². The molecular weight excluding hydrogens is 254 g/mol. The zero-order chi connectivity index (χ0) is 12.8. The first-order valence-electron chi connectivity index (χ1n) is 7.91. The van der Waals surface area contributed by atoms with Crippen LogP contribution in [0.3, 0.4) is 0 Å². The van der Waals surface area contributed by atoms with Crippen LogP contribution in [-0.4, -0.2) is 23.3 Å². The molecule has 1 aromatic rings. The Morgan fingerprint density at radius 2 is 2.00 bits per heavy atom. The second-order valence-electron chi connectivity index (χ2n) is 6.50. The van der Waals surface area contributed by atoms with E-state index >= 15 is 0 Å². The molecule has 19 heavy (non-hydrogen) atoms. The summed E-state index contributed by atoms with van der Waals surface area (Å²) in [5.74, 6) is 4.90. The normalized spacial score (nSPS) is 38.7. The van der Waals surface area contributed by atoms with E-state index in [4.69, 9.17) is 0 Å². The third kappa shape index (κ3) is 2.04. The van der Waals surface area contributed by atoms with E-state index in [1.807, 2.05) is 11.3 Å². The zero-order valence-electron chi connectivity index (χ0n) is 11.6. The molecule has 3 nitrogen and oxygen atoms in total. The van der Waals surface area contributed by atoms with Crippen molar-refractivity contribution in [2.24, 2.45) is 23.7 Å². The molecule has 0 radical (unpaired) electrons. The van der Waals surface area contributed by atoms with Gasteiger partial charge in [-0.2, -0.15) is 0 Å². The first-order valence-corrected chi connectivity index (χ1v) is 8.73. The van der Waals surface area contributed by atoms with Crippen molar-refractivity contribution >= 4 is 11.3 Å². The highest BCUT2D eigenvalue weighted by Crippen LogP contribution is 2.73. The smallest absolute Gasteiger partial charge is 0.121 e. The van der Waals surface area contributed by atoms with Gasteiger partial charge in [0.25, 0.3) is 0 Å². The predicted molar refractivity (Wildman–Crippen MR) is 77.3 cm³/mol. The second kappa shape index (κ2) is 4.81. The molecule has 1 aromatic heterocycles. The Morgan fingerprint density at radius 1 is 1.21 bits per heavy atom. The molecule has 4 rings (SSSR count). The first kappa shape index (κ1) is 12.3. The molecule has 3 aliphatic carbocycles. The summed E-state index contributed by atoms with van der Waals surface area (Å²) in [6, 6.07) is 0. The zero-order valence-corrected chi connectivity index (χ0v) is 12.5. The van der Waals surface area contributed by atoms with Gasteiger partial charge in [-0.3, -0.25) is 0 Å². The third-order valence-electron chi connectivity index (χ3n) is 5.50. The van der Waals surface area contributed by atoms with Crippen molar-refractivity contribution in [2.45, 2.75) is 44.9 Å². The van der Waals surface area contributed by atoms with E-state index in [1.54, 1.807) is 0 Å². The summed E-state index contributed by atoms with van der Waals surface area (Å²) in [6.45, 7) is 4.32. The van der Waals surface area contributed by atoms with Gasteiger partial charge in [0.2, 0.25) is 0 Å². The molecular formula is C15H23N3S. The molecule has 1 N–H and O–H groups in total. The van der Waals surface area contributed by atoms with Crippen molar-refractivity contribution in [3.8, 4) is 0 Å². The number of nitrogens with one attached hydrogen (secondary N) is 1. The van der Waals surface area contributed by atoms with Crippen LogP contribution < -0.4 is 5.32 Å². The van der Waals surface area contributed by atoms with Gasteiger partial charge in [0.05, 0.1) is 0 Å². The van der Waals surface area contributed by atoms with E-state index in [9.17, 15) is 0 Å². The molecule has 3 fully saturated rings. The van der Waals surface area contributed by atoms with Gasteiger partial charge >= 0.3 is 0 Å². The van der Waals surface area contributed by atoms with Crippen LogP contribution in [0.15, 0.2) is 0 Å². The Hall–Kier alpha value is -0.480. The molecule has 4 unspecified atom stereocenters. The quantitative estimate of drug-likeness (QED) is 0.813. The lowest BCUT2D eigenvalue weighted by Gasteiger charge is -2.04. The van der Waals surface area contributed by atoms with Gasteiger partial charge in [0.15, 0.2) is 0 Å². The monoisotopic (exact) mass is 277 g/mol. The lowest BCUT2D eigenvalue weighted by molar-refractivity contribution is 0.456. The Morgan fingerprint density at radius 3 is 2.74 bits per heavy atom. The maximum Gasteiger partial charge on any atom is 0.121 e. The molecule has 0 spiro atoms. The summed E-state index contributed by atoms with van der Waals surface area (Å²) in [5.41, 5.74) is 0. The van der Waals surface area contributed by atoms with Gasteiger partial charge in [0.1, 0.15) is 10.0 Å². The van der Waals surface area contributed by atoms with Gasteiger partial charge < -0.3 is 5.32 Å². The number of nitrogens with zero attached hydrogens (tertiary/aromatic N) is 2. The third-order valence-corrected chi connectivity index (χ3v) is 6.58. The lowest BCUT2D eigenvalue weighted by atomic mass is 10.0. The van der Waals surface area contributed by atoms with Gasteiger partial charge in [-0.05, 0) is 62.4 Å². The summed E-state index contributed by atoms with van der Waals surface area (Å²) in [7, 11) is 0. The highest BCUT2D eigenvalue weighted by Gasteiger charge is 2.66. The van der Waals surface area contributed by atoms with Crippen LogP contribution in [0.25, 0.3) is 0 Å². The van der Waals surface area contributed by atoms with Crippen LogP contribution in [0.1, 0.15) is 48.5 Å².